The van der Waals surface area contributed by atoms with Gasteiger partial charge < -0.3 is 4.74 Å². The van der Waals surface area contributed by atoms with Crippen LogP contribution in [0.5, 0.6) is 5.75 Å². The molecule has 150 valence electrons. The minimum Gasteiger partial charge on any atom is -0.493 e. The average Bonchev–Trinajstić information content (AvgIpc) is 2.73. The Hall–Kier alpha value is -3.22. The lowest BCUT2D eigenvalue weighted by Gasteiger charge is -2.29. The molecule has 0 unspecified atom stereocenters. The van der Waals surface area contributed by atoms with Gasteiger partial charge in [-0.05, 0) is 66.3 Å². The zero-order valence-corrected chi connectivity index (χ0v) is 17.6. The highest BCUT2D eigenvalue weighted by Crippen LogP contribution is 2.32. The third-order valence-corrected chi connectivity index (χ3v) is 5.24. The highest BCUT2D eigenvalue weighted by molar-refractivity contribution is 7.80. The first-order chi connectivity index (χ1) is 14.5. The summed E-state index contributed by atoms with van der Waals surface area (Å²) in [7, 11) is 0. The van der Waals surface area contributed by atoms with Crippen molar-refractivity contribution >= 4 is 63.3 Å². The van der Waals surface area contributed by atoms with Crippen LogP contribution in [0.2, 0.25) is 5.02 Å². The van der Waals surface area contributed by atoms with Gasteiger partial charge in [-0.15, -0.1) is 0 Å². The van der Waals surface area contributed by atoms with E-state index in [4.69, 9.17) is 28.6 Å². The van der Waals surface area contributed by atoms with Gasteiger partial charge in [-0.25, -0.2) is 0 Å². The maximum Gasteiger partial charge on any atom is 0.270 e. The minimum atomic E-state index is -0.550. The average molecular weight is 437 g/mol. The molecule has 1 fully saturated rings. The maximum absolute atomic E-state index is 13.3. The number of ether oxygens (including phenoxy) is 1. The maximum atomic E-state index is 13.3. The molecule has 0 atom stereocenters. The monoisotopic (exact) mass is 436 g/mol. The molecule has 0 aliphatic carbocycles. The Labute approximate surface area is 183 Å². The van der Waals surface area contributed by atoms with Crippen molar-refractivity contribution in [2.75, 3.05) is 11.5 Å². The quantitative estimate of drug-likeness (QED) is 0.365. The fraction of sp³-hybridized carbons (Fsp3) is 0.0870. The third kappa shape index (κ3) is 3.67. The molecule has 5 nitrogen and oxygen atoms in total. The normalized spacial score (nSPS) is 15.6. The van der Waals surface area contributed by atoms with Crippen LogP contribution < -0.4 is 15.0 Å². The van der Waals surface area contributed by atoms with E-state index in [1.165, 1.54) is 4.90 Å². The molecule has 3 aromatic rings. The lowest BCUT2D eigenvalue weighted by Crippen LogP contribution is -2.54. The van der Waals surface area contributed by atoms with E-state index in [9.17, 15) is 9.59 Å². The molecule has 7 heteroatoms. The molecule has 1 aliphatic rings. The van der Waals surface area contributed by atoms with E-state index in [0.29, 0.717) is 28.6 Å². The van der Waals surface area contributed by atoms with Crippen LogP contribution in [0.15, 0.2) is 66.2 Å². The first kappa shape index (κ1) is 20.1. The lowest BCUT2D eigenvalue weighted by molar-refractivity contribution is -0.122. The largest absolute Gasteiger partial charge is 0.493 e. The second-order valence-electron chi connectivity index (χ2n) is 6.57. The number of hydrogen-bond donors (Lipinski definition) is 1. The Morgan fingerprint density at radius 2 is 1.80 bits per heavy atom. The second kappa shape index (κ2) is 8.26. The smallest absolute Gasteiger partial charge is 0.270 e. The SMILES string of the molecule is CCOc1ccc2ccccc2c1/C=C1\C(=O)NC(=S)N(c2ccc(Cl)cc2)C1=O. The molecule has 4 rings (SSSR count). The van der Waals surface area contributed by atoms with Gasteiger partial charge in [0.1, 0.15) is 11.3 Å². The number of amides is 2. The molecule has 2 amide bonds. The van der Waals surface area contributed by atoms with Crippen molar-refractivity contribution in [3.8, 4) is 5.75 Å². The number of nitrogens with one attached hydrogen (secondary N) is 1. The van der Waals surface area contributed by atoms with E-state index < -0.39 is 11.8 Å². The summed E-state index contributed by atoms with van der Waals surface area (Å²) in [5.41, 5.74) is 1.15. The molecule has 30 heavy (non-hydrogen) atoms. The third-order valence-electron chi connectivity index (χ3n) is 4.71. The molecule has 1 saturated heterocycles. The van der Waals surface area contributed by atoms with Crippen molar-refractivity contribution in [3.63, 3.8) is 0 Å². The first-order valence-corrected chi connectivity index (χ1v) is 10.1. The van der Waals surface area contributed by atoms with E-state index in [1.807, 2.05) is 43.3 Å². The molecule has 0 aromatic heterocycles. The fourth-order valence-corrected chi connectivity index (χ4v) is 3.74. The van der Waals surface area contributed by atoms with E-state index in [1.54, 1.807) is 30.3 Å². The summed E-state index contributed by atoms with van der Waals surface area (Å²) in [6.45, 7) is 2.33. The molecule has 1 N–H and O–H groups in total. The van der Waals surface area contributed by atoms with Crippen LogP contribution in [0.3, 0.4) is 0 Å². The summed E-state index contributed by atoms with van der Waals surface area (Å²) < 4.78 is 5.76. The van der Waals surface area contributed by atoms with Crippen molar-refractivity contribution in [1.82, 2.24) is 5.32 Å². The van der Waals surface area contributed by atoms with Gasteiger partial charge in [-0.2, -0.15) is 0 Å². The zero-order valence-electron chi connectivity index (χ0n) is 16.0. The van der Waals surface area contributed by atoms with Gasteiger partial charge in [0.05, 0.1) is 12.3 Å². The molecule has 0 radical (unpaired) electrons. The van der Waals surface area contributed by atoms with Gasteiger partial charge >= 0.3 is 0 Å². The fourth-order valence-electron chi connectivity index (χ4n) is 3.33. The van der Waals surface area contributed by atoms with Crippen molar-refractivity contribution < 1.29 is 14.3 Å². The minimum absolute atomic E-state index is 0.0208. The van der Waals surface area contributed by atoms with Crippen LogP contribution in [-0.4, -0.2) is 23.5 Å². The highest BCUT2D eigenvalue weighted by Gasteiger charge is 2.34. The van der Waals surface area contributed by atoms with E-state index in [-0.39, 0.29) is 10.7 Å². The number of halogens is 1. The van der Waals surface area contributed by atoms with Gasteiger partial charge in [-0.3, -0.25) is 19.8 Å². The Kier molecular flexibility index (Phi) is 5.53. The Bertz CT molecular complexity index is 1200. The predicted molar refractivity (Wildman–Crippen MR) is 123 cm³/mol. The van der Waals surface area contributed by atoms with E-state index in [0.717, 1.165) is 10.8 Å². The van der Waals surface area contributed by atoms with Gasteiger partial charge in [0.25, 0.3) is 11.8 Å². The van der Waals surface area contributed by atoms with Crippen LogP contribution in [0.25, 0.3) is 16.8 Å². The summed E-state index contributed by atoms with van der Waals surface area (Å²) in [6.07, 6.45) is 1.57. The first-order valence-electron chi connectivity index (χ1n) is 9.31. The number of thiocarbonyl (C=S) groups is 1. The number of fused-ring (bicyclic) bond motifs is 1. The summed E-state index contributed by atoms with van der Waals surface area (Å²) >= 11 is 11.2. The van der Waals surface area contributed by atoms with Gasteiger partial charge in [0.2, 0.25) is 0 Å². The molecular formula is C23H17ClN2O3S. The van der Waals surface area contributed by atoms with Gasteiger partial charge in [0, 0.05) is 10.6 Å². The topological polar surface area (TPSA) is 58.6 Å². The molecule has 0 spiro atoms. The number of benzene rings is 3. The molecular weight excluding hydrogens is 420 g/mol. The Balaban J connectivity index is 1.85. The van der Waals surface area contributed by atoms with Crippen LogP contribution in [0.1, 0.15) is 12.5 Å². The molecule has 1 heterocycles. The van der Waals surface area contributed by atoms with Crippen LogP contribution in [-0.2, 0) is 9.59 Å². The van der Waals surface area contributed by atoms with Gasteiger partial charge in [0.15, 0.2) is 5.11 Å². The standard InChI is InChI=1S/C23H17ClN2O3S/c1-2-29-20-12-7-14-5-3-4-6-17(14)18(20)13-19-21(27)25-23(30)26(22(19)28)16-10-8-15(24)9-11-16/h3-13H,2H2,1H3,(H,25,27,30)/b19-13+. The van der Waals surface area contributed by atoms with E-state index in [2.05, 4.69) is 5.32 Å². The van der Waals surface area contributed by atoms with Crippen LogP contribution in [0.4, 0.5) is 5.69 Å². The summed E-state index contributed by atoms with van der Waals surface area (Å²) in [6, 6.07) is 18.2. The number of anilines is 1. The summed E-state index contributed by atoms with van der Waals surface area (Å²) in [4.78, 5) is 27.2. The van der Waals surface area contributed by atoms with Crippen molar-refractivity contribution in [2.24, 2.45) is 0 Å². The predicted octanol–water partition coefficient (Wildman–Crippen LogP) is 4.72. The summed E-state index contributed by atoms with van der Waals surface area (Å²) in [5.74, 6) is -0.470. The molecule has 0 saturated carbocycles. The van der Waals surface area contributed by atoms with Crippen molar-refractivity contribution in [2.45, 2.75) is 6.92 Å². The second-order valence-corrected chi connectivity index (χ2v) is 7.39. The van der Waals surface area contributed by atoms with Crippen LogP contribution in [0, 0.1) is 0 Å². The lowest BCUT2D eigenvalue weighted by atomic mass is 9.99. The Morgan fingerprint density at radius 3 is 2.53 bits per heavy atom. The van der Waals surface area contributed by atoms with Crippen molar-refractivity contribution in [3.05, 3.63) is 76.8 Å². The van der Waals surface area contributed by atoms with Crippen LogP contribution >= 0.6 is 23.8 Å². The summed E-state index contributed by atoms with van der Waals surface area (Å²) in [5, 5.41) is 5.00. The number of hydrogen-bond acceptors (Lipinski definition) is 4. The number of nitrogens with zero attached hydrogens (tertiary/aromatic N) is 1. The van der Waals surface area contributed by atoms with Crippen molar-refractivity contribution in [1.29, 1.82) is 0 Å². The molecule has 3 aromatic carbocycles. The number of rotatable bonds is 4. The number of carbonyl (C=O) groups is 2. The molecule has 1 aliphatic heterocycles. The zero-order chi connectivity index (χ0) is 21.3. The number of carbonyl (C=O) groups excluding carboxylic acids is 2. The highest BCUT2D eigenvalue weighted by atomic mass is 35.5. The Morgan fingerprint density at radius 1 is 1.07 bits per heavy atom. The van der Waals surface area contributed by atoms with E-state index >= 15 is 0 Å². The van der Waals surface area contributed by atoms with Gasteiger partial charge in [-0.1, -0.05) is 41.9 Å². The molecule has 0 bridgehead atoms.